The number of hydrogen-bond acceptors (Lipinski definition) is 4. The maximum atomic E-state index is 11.4. The van der Waals surface area contributed by atoms with E-state index in [2.05, 4.69) is 10.9 Å². The van der Waals surface area contributed by atoms with E-state index in [9.17, 15) is 4.79 Å². The number of carbonyl (C=O) groups is 1. The normalized spacial score (nSPS) is 22.7. The molecule has 1 aromatic carbocycles. The first kappa shape index (κ1) is 12.9. The van der Waals surface area contributed by atoms with Crippen LogP contribution in [0.4, 0.5) is 4.79 Å². The molecule has 0 aromatic heterocycles. The van der Waals surface area contributed by atoms with Crippen LogP contribution in [-0.4, -0.2) is 24.8 Å². The molecule has 0 bridgehead atoms. The monoisotopic (exact) mass is 250 g/mol. The lowest BCUT2D eigenvalue weighted by molar-refractivity contribution is 0.104. The quantitative estimate of drug-likeness (QED) is 0.797. The summed E-state index contributed by atoms with van der Waals surface area (Å²) in [6.07, 6.45) is 0.525. The van der Waals surface area contributed by atoms with Crippen molar-refractivity contribution in [2.45, 2.75) is 32.1 Å². The molecule has 0 spiro atoms. The summed E-state index contributed by atoms with van der Waals surface area (Å²) in [4.78, 5) is 11.4. The lowest BCUT2D eigenvalue weighted by atomic mass is 10.2. The van der Waals surface area contributed by atoms with E-state index < -0.39 is 6.09 Å². The molecule has 1 heterocycles. The van der Waals surface area contributed by atoms with Gasteiger partial charge in [-0.3, -0.25) is 5.43 Å². The molecule has 0 aliphatic carbocycles. The molecule has 1 saturated heterocycles. The number of rotatable bonds is 4. The van der Waals surface area contributed by atoms with Gasteiger partial charge in [0, 0.05) is 6.61 Å². The van der Waals surface area contributed by atoms with E-state index in [0.29, 0.717) is 0 Å². The minimum atomic E-state index is -0.474. The van der Waals surface area contributed by atoms with Gasteiger partial charge >= 0.3 is 6.09 Å². The second-order valence-electron chi connectivity index (χ2n) is 4.30. The van der Waals surface area contributed by atoms with Crippen molar-refractivity contribution in [3.63, 3.8) is 0 Å². The molecule has 2 unspecified atom stereocenters. The zero-order valence-corrected chi connectivity index (χ0v) is 10.4. The number of benzene rings is 1. The van der Waals surface area contributed by atoms with E-state index in [0.717, 1.165) is 18.6 Å². The molecule has 2 atom stereocenters. The van der Waals surface area contributed by atoms with Crippen molar-refractivity contribution in [2.75, 3.05) is 6.61 Å². The van der Waals surface area contributed by atoms with Crippen LogP contribution in [0, 0.1) is 0 Å². The topological polar surface area (TPSA) is 59.6 Å². The molecule has 5 heteroatoms. The fourth-order valence-electron chi connectivity index (χ4n) is 1.83. The molecular weight excluding hydrogens is 232 g/mol. The second-order valence-corrected chi connectivity index (χ2v) is 4.30. The van der Waals surface area contributed by atoms with Crippen molar-refractivity contribution in [2.24, 2.45) is 0 Å². The largest absolute Gasteiger partial charge is 0.444 e. The van der Waals surface area contributed by atoms with Crippen LogP contribution >= 0.6 is 0 Å². The molecule has 18 heavy (non-hydrogen) atoms. The fourth-order valence-corrected chi connectivity index (χ4v) is 1.83. The van der Waals surface area contributed by atoms with Crippen LogP contribution in [0.15, 0.2) is 30.3 Å². The average molecular weight is 250 g/mol. The molecule has 1 aromatic rings. The molecule has 1 aliphatic rings. The standard InChI is InChI=1S/C13H18N2O3/c1-10-12(7-8-17-10)14-15-13(16)18-9-11-5-3-2-4-6-11/h2-6,10,12,14H,7-9H2,1H3,(H,15,16). The minimum absolute atomic E-state index is 0.111. The number of nitrogens with one attached hydrogen (secondary N) is 2. The van der Waals surface area contributed by atoms with Crippen LogP contribution in [0.5, 0.6) is 0 Å². The minimum Gasteiger partial charge on any atom is -0.444 e. The Kier molecular flexibility index (Phi) is 4.55. The van der Waals surface area contributed by atoms with E-state index >= 15 is 0 Å². The molecule has 2 rings (SSSR count). The SMILES string of the molecule is CC1OCCC1NNC(=O)OCc1ccccc1. The second kappa shape index (κ2) is 6.37. The summed E-state index contributed by atoms with van der Waals surface area (Å²) in [5, 5.41) is 0. The van der Waals surface area contributed by atoms with Crippen LogP contribution in [0.2, 0.25) is 0 Å². The molecule has 0 saturated carbocycles. The van der Waals surface area contributed by atoms with Gasteiger partial charge in [0.25, 0.3) is 0 Å². The number of ether oxygens (including phenoxy) is 2. The van der Waals surface area contributed by atoms with Gasteiger partial charge in [0.15, 0.2) is 0 Å². The average Bonchev–Trinajstić information content (AvgIpc) is 2.81. The van der Waals surface area contributed by atoms with Crippen molar-refractivity contribution in [1.82, 2.24) is 10.9 Å². The first-order valence-electron chi connectivity index (χ1n) is 6.09. The Morgan fingerprint density at radius 2 is 2.22 bits per heavy atom. The van der Waals surface area contributed by atoms with Crippen molar-refractivity contribution in [3.8, 4) is 0 Å². The lowest BCUT2D eigenvalue weighted by Gasteiger charge is -2.16. The molecular formula is C13H18N2O3. The van der Waals surface area contributed by atoms with Gasteiger partial charge in [0.05, 0.1) is 12.1 Å². The molecule has 1 fully saturated rings. The van der Waals surface area contributed by atoms with E-state index in [1.54, 1.807) is 0 Å². The Labute approximate surface area is 106 Å². The van der Waals surface area contributed by atoms with Gasteiger partial charge in [-0.15, -0.1) is 0 Å². The van der Waals surface area contributed by atoms with E-state index in [4.69, 9.17) is 9.47 Å². The van der Waals surface area contributed by atoms with Crippen LogP contribution in [-0.2, 0) is 16.1 Å². The Hall–Kier alpha value is -1.59. The van der Waals surface area contributed by atoms with Gasteiger partial charge in [0.1, 0.15) is 6.61 Å². The summed E-state index contributed by atoms with van der Waals surface area (Å²) in [6.45, 7) is 2.96. The van der Waals surface area contributed by atoms with Gasteiger partial charge in [-0.25, -0.2) is 10.2 Å². The molecule has 1 aliphatic heterocycles. The van der Waals surface area contributed by atoms with E-state index in [1.807, 2.05) is 37.3 Å². The predicted octanol–water partition coefficient (Wildman–Crippen LogP) is 1.59. The van der Waals surface area contributed by atoms with E-state index in [-0.39, 0.29) is 18.8 Å². The summed E-state index contributed by atoms with van der Waals surface area (Å²) in [6, 6.07) is 9.71. The summed E-state index contributed by atoms with van der Waals surface area (Å²) in [7, 11) is 0. The van der Waals surface area contributed by atoms with Gasteiger partial charge in [-0.2, -0.15) is 0 Å². The highest BCUT2D eigenvalue weighted by atomic mass is 16.6. The zero-order chi connectivity index (χ0) is 12.8. The van der Waals surface area contributed by atoms with Crippen LogP contribution in [0.3, 0.4) is 0 Å². The third-order valence-electron chi connectivity index (χ3n) is 2.95. The van der Waals surface area contributed by atoms with Gasteiger partial charge in [0.2, 0.25) is 0 Å². The molecule has 1 amide bonds. The van der Waals surface area contributed by atoms with Crippen molar-refractivity contribution >= 4 is 6.09 Å². The fraction of sp³-hybridized carbons (Fsp3) is 0.462. The number of hydrogen-bond donors (Lipinski definition) is 2. The summed E-state index contributed by atoms with van der Waals surface area (Å²) < 4.78 is 10.4. The molecule has 0 radical (unpaired) electrons. The maximum Gasteiger partial charge on any atom is 0.421 e. The van der Waals surface area contributed by atoms with E-state index in [1.165, 1.54) is 0 Å². The van der Waals surface area contributed by atoms with Crippen molar-refractivity contribution in [1.29, 1.82) is 0 Å². The highest BCUT2D eigenvalue weighted by Gasteiger charge is 2.24. The number of carbonyl (C=O) groups excluding carboxylic acids is 1. The van der Waals surface area contributed by atoms with Crippen molar-refractivity contribution in [3.05, 3.63) is 35.9 Å². The summed E-state index contributed by atoms with van der Waals surface area (Å²) >= 11 is 0. The summed E-state index contributed by atoms with van der Waals surface area (Å²) in [5.41, 5.74) is 6.42. The molecule has 98 valence electrons. The Morgan fingerprint density at radius 3 is 2.89 bits per heavy atom. The maximum absolute atomic E-state index is 11.4. The van der Waals surface area contributed by atoms with Crippen LogP contribution < -0.4 is 10.9 Å². The number of hydrazine groups is 1. The molecule has 5 nitrogen and oxygen atoms in total. The van der Waals surface area contributed by atoms with Gasteiger partial charge in [-0.1, -0.05) is 30.3 Å². The smallest absolute Gasteiger partial charge is 0.421 e. The van der Waals surface area contributed by atoms with Crippen molar-refractivity contribution < 1.29 is 14.3 Å². The number of amides is 1. The first-order chi connectivity index (χ1) is 8.75. The molecule has 2 N–H and O–H groups in total. The Balaban J connectivity index is 1.66. The van der Waals surface area contributed by atoms with Gasteiger partial charge in [-0.05, 0) is 18.9 Å². The van der Waals surface area contributed by atoms with Crippen LogP contribution in [0.1, 0.15) is 18.9 Å². The Morgan fingerprint density at radius 1 is 1.44 bits per heavy atom. The van der Waals surface area contributed by atoms with Crippen LogP contribution in [0.25, 0.3) is 0 Å². The van der Waals surface area contributed by atoms with Gasteiger partial charge < -0.3 is 9.47 Å². The lowest BCUT2D eigenvalue weighted by Crippen LogP contribution is -2.47. The third-order valence-corrected chi connectivity index (χ3v) is 2.95. The summed E-state index contributed by atoms with van der Waals surface area (Å²) in [5.74, 6) is 0. The Bertz CT molecular complexity index is 383. The third kappa shape index (κ3) is 3.72. The highest BCUT2D eigenvalue weighted by molar-refractivity contribution is 5.66. The predicted molar refractivity (Wildman–Crippen MR) is 66.7 cm³/mol. The zero-order valence-electron chi connectivity index (χ0n) is 10.4. The highest BCUT2D eigenvalue weighted by Crippen LogP contribution is 2.11. The first-order valence-corrected chi connectivity index (χ1v) is 6.09.